The second kappa shape index (κ2) is 9.65. The lowest BCUT2D eigenvalue weighted by atomic mass is 9.97. The summed E-state index contributed by atoms with van der Waals surface area (Å²) < 4.78 is 5.29. The van der Waals surface area contributed by atoms with Crippen LogP contribution in [0.5, 0.6) is 0 Å². The molecule has 3 aromatic rings. The van der Waals surface area contributed by atoms with Crippen molar-refractivity contribution in [3.63, 3.8) is 0 Å². The first kappa shape index (κ1) is 20.3. The Morgan fingerprint density at radius 1 is 1.28 bits per heavy atom. The van der Waals surface area contributed by atoms with Crippen LogP contribution >= 0.6 is 22.7 Å². The molecule has 0 spiro atoms. The zero-order chi connectivity index (χ0) is 20.1. The Kier molecular flexibility index (Phi) is 6.74. The topological polar surface area (TPSA) is 71.3 Å². The van der Waals surface area contributed by atoms with Crippen molar-refractivity contribution in [2.24, 2.45) is 5.92 Å². The molecule has 6 nitrogen and oxygen atoms in total. The summed E-state index contributed by atoms with van der Waals surface area (Å²) in [6, 6.07) is 8.42. The molecule has 29 heavy (non-hydrogen) atoms. The summed E-state index contributed by atoms with van der Waals surface area (Å²) in [5.41, 5.74) is 0. The molecule has 1 N–H and O–H groups in total. The number of likely N-dealkylation sites (tertiary alicyclic amines) is 1. The van der Waals surface area contributed by atoms with Gasteiger partial charge in [-0.2, -0.15) is 4.98 Å². The van der Waals surface area contributed by atoms with Gasteiger partial charge in [0.15, 0.2) is 0 Å². The van der Waals surface area contributed by atoms with E-state index in [1.54, 1.807) is 22.7 Å². The number of amides is 1. The van der Waals surface area contributed by atoms with Crippen LogP contribution in [0.25, 0.3) is 10.7 Å². The standard InChI is InChI=1S/C21H26N4O2S2/c1-15-8-10-25(11-9-15)16(17-4-2-12-28-17)14-22-19(26)6-7-20-23-21(24-27-20)18-5-3-13-29-18/h2-5,12-13,15-16H,6-11,14H2,1H3,(H,22,26). The van der Waals surface area contributed by atoms with Crippen LogP contribution in [-0.4, -0.2) is 40.6 Å². The Morgan fingerprint density at radius 2 is 2.07 bits per heavy atom. The first-order valence-corrected chi connectivity index (χ1v) is 11.9. The molecule has 4 heterocycles. The van der Waals surface area contributed by atoms with Crippen LogP contribution in [-0.2, 0) is 11.2 Å². The summed E-state index contributed by atoms with van der Waals surface area (Å²) in [6.45, 7) is 5.14. The van der Waals surface area contributed by atoms with Crippen LogP contribution in [0.2, 0.25) is 0 Å². The number of aryl methyl sites for hydroxylation is 1. The van der Waals surface area contributed by atoms with Crippen molar-refractivity contribution in [2.45, 2.75) is 38.6 Å². The van der Waals surface area contributed by atoms with Crippen LogP contribution in [0, 0.1) is 5.92 Å². The number of carbonyl (C=O) groups is 1. The molecule has 4 rings (SSSR count). The monoisotopic (exact) mass is 430 g/mol. The summed E-state index contributed by atoms with van der Waals surface area (Å²) in [5, 5.41) is 11.2. The molecular formula is C21H26N4O2S2. The molecule has 8 heteroatoms. The smallest absolute Gasteiger partial charge is 0.227 e. The SMILES string of the molecule is CC1CCN(C(CNC(=O)CCc2nc(-c3cccs3)no2)c2cccs2)CC1. The molecule has 1 saturated heterocycles. The van der Waals surface area contributed by atoms with E-state index in [1.165, 1.54) is 17.7 Å². The van der Waals surface area contributed by atoms with E-state index in [0.29, 0.717) is 31.1 Å². The van der Waals surface area contributed by atoms with Crippen molar-refractivity contribution in [1.82, 2.24) is 20.4 Å². The fourth-order valence-corrected chi connectivity index (χ4v) is 5.12. The lowest BCUT2D eigenvalue weighted by Crippen LogP contribution is -2.41. The second-order valence-electron chi connectivity index (χ2n) is 7.54. The van der Waals surface area contributed by atoms with E-state index >= 15 is 0 Å². The molecular weight excluding hydrogens is 404 g/mol. The minimum absolute atomic E-state index is 0.0211. The van der Waals surface area contributed by atoms with E-state index in [1.807, 2.05) is 17.5 Å². The van der Waals surface area contributed by atoms with Gasteiger partial charge in [-0.05, 0) is 54.7 Å². The van der Waals surface area contributed by atoms with Crippen molar-refractivity contribution < 1.29 is 9.32 Å². The summed E-state index contributed by atoms with van der Waals surface area (Å²) in [4.78, 5) is 21.6. The molecule has 1 fully saturated rings. The Hall–Kier alpha value is -2.03. The molecule has 0 saturated carbocycles. The number of aromatic nitrogens is 2. The number of nitrogens with zero attached hydrogens (tertiary/aromatic N) is 3. The van der Waals surface area contributed by atoms with Crippen LogP contribution in [0.3, 0.4) is 0 Å². The molecule has 3 aromatic heterocycles. The number of nitrogens with one attached hydrogen (secondary N) is 1. The van der Waals surface area contributed by atoms with Gasteiger partial charge in [-0.1, -0.05) is 24.2 Å². The number of hydrogen-bond donors (Lipinski definition) is 1. The van der Waals surface area contributed by atoms with Crippen LogP contribution < -0.4 is 5.32 Å². The largest absolute Gasteiger partial charge is 0.354 e. The second-order valence-corrected chi connectivity index (χ2v) is 9.47. The molecule has 154 valence electrons. The third-order valence-corrected chi connectivity index (χ3v) is 7.24. The number of rotatable bonds is 8. The van der Waals surface area contributed by atoms with E-state index < -0.39 is 0 Å². The fourth-order valence-electron chi connectivity index (χ4n) is 3.61. The van der Waals surface area contributed by atoms with E-state index in [4.69, 9.17) is 4.52 Å². The Balaban J connectivity index is 1.29. The number of hydrogen-bond acceptors (Lipinski definition) is 7. The normalized spacial score (nSPS) is 16.7. The van der Waals surface area contributed by atoms with Crippen molar-refractivity contribution in [2.75, 3.05) is 19.6 Å². The van der Waals surface area contributed by atoms with Gasteiger partial charge in [0, 0.05) is 24.3 Å². The van der Waals surface area contributed by atoms with Gasteiger partial charge >= 0.3 is 0 Å². The van der Waals surface area contributed by atoms with Crippen LogP contribution in [0.1, 0.15) is 43.0 Å². The first-order chi connectivity index (χ1) is 14.2. The highest BCUT2D eigenvalue weighted by Gasteiger charge is 2.25. The van der Waals surface area contributed by atoms with Gasteiger partial charge in [-0.15, -0.1) is 22.7 Å². The third kappa shape index (κ3) is 5.32. The molecule has 0 aromatic carbocycles. The van der Waals surface area contributed by atoms with Gasteiger partial charge in [0.1, 0.15) is 0 Å². The Labute approximate surface area is 178 Å². The fraction of sp³-hybridized carbons (Fsp3) is 0.476. The van der Waals surface area contributed by atoms with Gasteiger partial charge < -0.3 is 9.84 Å². The third-order valence-electron chi connectivity index (χ3n) is 5.40. The van der Waals surface area contributed by atoms with Crippen molar-refractivity contribution in [3.05, 3.63) is 45.8 Å². The number of piperidine rings is 1. The highest BCUT2D eigenvalue weighted by molar-refractivity contribution is 7.13. The summed E-state index contributed by atoms with van der Waals surface area (Å²) in [7, 11) is 0. The number of thiophene rings is 2. The van der Waals surface area contributed by atoms with Gasteiger partial charge in [0.05, 0.1) is 10.9 Å². The highest BCUT2D eigenvalue weighted by Crippen LogP contribution is 2.29. The summed E-state index contributed by atoms with van der Waals surface area (Å²) in [5.74, 6) is 1.90. The predicted octanol–water partition coefficient (Wildman–Crippen LogP) is 4.38. The van der Waals surface area contributed by atoms with E-state index in [0.717, 1.165) is 23.9 Å². The summed E-state index contributed by atoms with van der Waals surface area (Å²) >= 11 is 3.33. The zero-order valence-corrected chi connectivity index (χ0v) is 18.2. The lowest BCUT2D eigenvalue weighted by Gasteiger charge is -2.36. The Morgan fingerprint density at radius 3 is 2.79 bits per heavy atom. The maximum absolute atomic E-state index is 12.4. The zero-order valence-electron chi connectivity index (χ0n) is 16.5. The van der Waals surface area contributed by atoms with Crippen molar-refractivity contribution in [1.29, 1.82) is 0 Å². The van der Waals surface area contributed by atoms with Gasteiger partial charge in [0.25, 0.3) is 0 Å². The minimum atomic E-state index is 0.0211. The summed E-state index contributed by atoms with van der Waals surface area (Å²) in [6.07, 6.45) is 3.24. The molecule has 0 bridgehead atoms. The van der Waals surface area contributed by atoms with Crippen LogP contribution in [0.4, 0.5) is 0 Å². The van der Waals surface area contributed by atoms with E-state index in [9.17, 15) is 4.79 Å². The predicted molar refractivity (Wildman–Crippen MR) is 116 cm³/mol. The molecule has 0 aliphatic carbocycles. The van der Waals surface area contributed by atoms with Crippen molar-refractivity contribution >= 4 is 28.6 Å². The molecule has 1 atom stereocenters. The first-order valence-electron chi connectivity index (χ1n) is 10.1. The maximum atomic E-state index is 12.4. The van der Waals surface area contributed by atoms with Gasteiger partial charge in [-0.3, -0.25) is 9.69 Å². The van der Waals surface area contributed by atoms with Crippen LogP contribution in [0.15, 0.2) is 39.5 Å². The van der Waals surface area contributed by atoms with Crippen molar-refractivity contribution in [3.8, 4) is 10.7 Å². The van der Waals surface area contributed by atoms with Gasteiger partial charge in [-0.25, -0.2) is 0 Å². The highest BCUT2D eigenvalue weighted by atomic mass is 32.1. The van der Waals surface area contributed by atoms with E-state index in [-0.39, 0.29) is 11.9 Å². The van der Waals surface area contributed by atoms with Gasteiger partial charge in [0.2, 0.25) is 17.6 Å². The molecule has 1 aliphatic heterocycles. The molecule has 0 radical (unpaired) electrons. The molecule has 1 aliphatic rings. The molecule has 1 unspecified atom stereocenters. The molecule has 1 amide bonds. The number of carbonyl (C=O) groups excluding carboxylic acids is 1. The Bertz CT molecular complexity index is 884. The average molecular weight is 431 g/mol. The maximum Gasteiger partial charge on any atom is 0.227 e. The quantitative estimate of drug-likeness (QED) is 0.574. The lowest BCUT2D eigenvalue weighted by molar-refractivity contribution is -0.121. The average Bonchev–Trinajstić information content (AvgIpc) is 3.49. The minimum Gasteiger partial charge on any atom is -0.354 e. The van der Waals surface area contributed by atoms with E-state index in [2.05, 4.69) is 44.8 Å².